The number of carboxylic acid groups (broad SMARTS) is 1. The third-order valence-electron chi connectivity index (χ3n) is 6.16. The summed E-state index contributed by atoms with van der Waals surface area (Å²) in [5, 5.41) is 13.4. The number of hydrogen-bond donors (Lipinski definition) is 2. The predicted octanol–water partition coefficient (Wildman–Crippen LogP) is 3.44. The fourth-order valence-electron chi connectivity index (χ4n) is 4.47. The molecule has 8 nitrogen and oxygen atoms in total. The molecule has 0 saturated heterocycles. The van der Waals surface area contributed by atoms with Crippen molar-refractivity contribution in [3.05, 3.63) is 46.2 Å². The van der Waals surface area contributed by atoms with Crippen molar-refractivity contribution in [2.75, 3.05) is 19.4 Å². The summed E-state index contributed by atoms with van der Waals surface area (Å²) in [5.74, 6) is -0.775. The molecule has 1 fully saturated rings. The maximum Gasteiger partial charge on any atom is 0.342 e. The van der Waals surface area contributed by atoms with Gasteiger partial charge in [0.15, 0.2) is 5.65 Å². The highest BCUT2D eigenvalue weighted by molar-refractivity contribution is 7.24. The maximum atomic E-state index is 13.0. The molecule has 1 aliphatic carbocycles. The molecule has 5 rings (SSSR count). The molecule has 0 unspecified atom stereocenters. The summed E-state index contributed by atoms with van der Waals surface area (Å²) in [6, 6.07) is 8.48. The van der Waals surface area contributed by atoms with Crippen LogP contribution in [0.1, 0.15) is 36.0 Å². The number of thiazole rings is 1. The highest BCUT2D eigenvalue weighted by Gasteiger charge is 2.25. The Kier molecular flexibility index (Phi) is 4.86. The topological polar surface area (TPSA) is 99.8 Å². The van der Waals surface area contributed by atoms with Gasteiger partial charge in [-0.2, -0.15) is 4.98 Å². The summed E-state index contributed by atoms with van der Waals surface area (Å²) in [7, 11) is 4.23. The van der Waals surface area contributed by atoms with E-state index in [0.29, 0.717) is 22.5 Å². The van der Waals surface area contributed by atoms with E-state index in [1.165, 1.54) is 17.5 Å². The van der Waals surface area contributed by atoms with Crippen molar-refractivity contribution in [3.63, 3.8) is 0 Å². The minimum absolute atomic E-state index is 0.209. The molecule has 0 spiro atoms. The van der Waals surface area contributed by atoms with Gasteiger partial charge in [-0.15, -0.1) is 11.3 Å². The molecule has 1 saturated carbocycles. The van der Waals surface area contributed by atoms with E-state index in [1.54, 1.807) is 4.40 Å². The molecular weight excluding hydrogens is 414 g/mol. The smallest absolute Gasteiger partial charge is 0.342 e. The third-order valence-corrected chi connectivity index (χ3v) is 7.30. The normalized spacial score (nSPS) is 19.5. The second kappa shape index (κ2) is 7.58. The van der Waals surface area contributed by atoms with Gasteiger partial charge < -0.3 is 15.3 Å². The highest BCUT2D eigenvalue weighted by Crippen LogP contribution is 2.31. The van der Waals surface area contributed by atoms with Crippen LogP contribution in [-0.2, 0) is 0 Å². The quantitative estimate of drug-likeness (QED) is 0.504. The van der Waals surface area contributed by atoms with Gasteiger partial charge in [0, 0.05) is 18.3 Å². The molecule has 0 bridgehead atoms. The second-order valence-corrected chi connectivity index (χ2v) is 9.29. The summed E-state index contributed by atoms with van der Waals surface area (Å²) in [6.07, 6.45) is 5.72. The Morgan fingerprint density at radius 1 is 1.23 bits per heavy atom. The van der Waals surface area contributed by atoms with Gasteiger partial charge in [-0.3, -0.25) is 9.20 Å². The van der Waals surface area contributed by atoms with Crippen LogP contribution in [-0.4, -0.2) is 56.5 Å². The molecule has 2 N–H and O–H groups in total. The number of nitrogens with one attached hydrogen (secondary N) is 1. The lowest BCUT2D eigenvalue weighted by atomic mass is 9.91. The molecular formula is C22H23N5O3S. The summed E-state index contributed by atoms with van der Waals surface area (Å²) in [5.41, 5.74) is 0.472. The number of aromatic nitrogens is 3. The first-order valence-corrected chi connectivity index (χ1v) is 11.1. The van der Waals surface area contributed by atoms with Crippen LogP contribution >= 0.6 is 11.3 Å². The second-order valence-electron chi connectivity index (χ2n) is 8.26. The molecule has 3 aromatic heterocycles. The average Bonchev–Trinajstić information content (AvgIpc) is 3.13. The fourth-order valence-corrected chi connectivity index (χ4v) is 5.65. The van der Waals surface area contributed by atoms with Gasteiger partial charge in [0.25, 0.3) is 0 Å². The van der Waals surface area contributed by atoms with Crippen LogP contribution < -0.4 is 10.7 Å². The predicted molar refractivity (Wildman–Crippen MR) is 122 cm³/mol. The number of carboxylic acids is 1. The monoisotopic (exact) mass is 437 g/mol. The van der Waals surface area contributed by atoms with Crippen LogP contribution in [0.5, 0.6) is 0 Å². The Hall–Kier alpha value is -3.04. The number of aromatic carboxylic acids is 1. The van der Waals surface area contributed by atoms with Gasteiger partial charge in [-0.05, 0) is 51.9 Å². The van der Waals surface area contributed by atoms with Gasteiger partial charge in [-0.1, -0.05) is 12.1 Å². The van der Waals surface area contributed by atoms with E-state index in [0.717, 1.165) is 35.9 Å². The number of fused-ring (bicyclic) bond motifs is 5. The third kappa shape index (κ3) is 3.34. The Labute approximate surface area is 182 Å². The lowest BCUT2D eigenvalue weighted by Crippen LogP contribution is -2.36. The number of benzene rings is 1. The summed E-state index contributed by atoms with van der Waals surface area (Å²) < 4.78 is 2.67. The zero-order valence-corrected chi connectivity index (χ0v) is 18.1. The summed E-state index contributed by atoms with van der Waals surface area (Å²) >= 11 is 1.29. The van der Waals surface area contributed by atoms with Crippen molar-refractivity contribution >= 4 is 49.3 Å². The first-order chi connectivity index (χ1) is 14.9. The van der Waals surface area contributed by atoms with Crippen molar-refractivity contribution in [2.45, 2.75) is 37.8 Å². The van der Waals surface area contributed by atoms with Crippen LogP contribution in [0.4, 0.5) is 5.95 Å². The molecule has 9 heteroatoms. The zero-order valence-electron chi connectivity index (χ0n) is 17.3. The average molecular weight is 438 g/mol. The van der Waals surface area contributed by atoms with Crippen LogP contribution in [0.15, 0.2) is 35.3 Å². The van der Waals surface area contributed by atoms with E-state index in [9.17, 15) is 14.7 Å². The maximum absolute atomic E-state index is 13.0. The number of nitrogens with zero attached hydrogens (tertiary/aromatic N) is 4. The van der Waals surface area contributed by atoms with Crippen LogP contribution in [0.25, 0.3) is 26.1 Å². The molecule has 0 aliphatic heterocycles. The molecule has 1 aliphatic rings. The Bertz CT molecular complexity index is 1370. The lowest BCUT2D eigenvalue weighted by Gasteiger charge is -2.32. The SMILES string of the molecule is CN(C)C1CCC(Nc2ncc3c(=O)c(C(=O)O)c4sc5ccccc5n4c3n2)CC1. The number of para-hydroxylation sites is 1. The van der Waals surface area contributed by atoms with Crippen LogP contribution in [0, 0.1) is 0 Å². The highest BCUT2D eigenvalue weighted by atomic mass is 32.1. The van der Waals surface area contributed by atoms with E-state index in [4.69, 9.17) is 0 Å². The Morgan fingerprint density at radius 2 is 1.97 bits per heavy atom. The minimum atomic E-state index is -1.24. The number of pyridine rings is 1. The van der Waals surface area contributed by atoms with Gasteiger partial charge in [0.2, 0.25) is 11.4 Å². The minimum Gasteiger partial charge on any atom is -0.477 e. The molecule has 0 amide bonds. The van der Waals surface area contributed by atoms with E-state index >= 15 is 0 Å². The summed E-state index contributed by atoms with van der Waals surface area (Å²) in [4.78, 5) is 36.6. The number of carbonyl (C=O) groups is 1. The van der Waals surface area contributed by atoms with Gasteiger partial charge in [0.05, 0.1) is 15.6 Å². The van der Waals surface area contributed by atoms with Crippen LogP contribution in [0.3, 0.4) is 0 Å². The van der Waals surface area contributed by atoms with Gasteiger partial charge in [-0.25, -0.2) is 9.78 Å². The van der Waals surface area contributed by atoms with Crippen molar-refractivity contribution in [1.82, 2.24) is 19.3 Å². The molecule has 160 valence electrons. The van der Waals surface area contributed by atoms with Crippen LogP contribution in [0.2, 0.25) is 0 Å². The fraction of sp³-hybridized carbons (Fsp3) is 0.364. The first-order valence-electron chi connectivity index (χ1n) is 10.3. The van der Waals surface area contributed by atoms with E-state index < -0.39 is 11.4 Å². The van der Waals surface area contributed by atoms with Crippen molar-refractivity contribution in [1.29, 1.82) is 0 Å². The Morgan fingerprint density at radius 3 is 2.68 bits per heavy atom. The van der Waals surface area contributed by atoms with Gasteiger partial charge >= 0.3 is 5.97 Å². The molecule has 3 heterocycles. The van der Waals surface area contributed by atoms with Crippen molar-refractivity contribution in [2.24, 2.45) is 0 Å². The van der Waals surface area contributed by atoms with Gasteiger partial charge in [0.1, 0.15) is 10.4 Å². The lowest BCUT2D eigenvalue weighted by molar-refractivity contribution is 0.0697. The van der Waals surface area contributed by atoms with E-state index in [2.05, 4.69) is 34.3 Å². The Balaban J connectivity index is 1.63. The number of hydrogen-bond acceptors (Lipinski definition) is 7. The number of anilines is 1. The molecule has 0 atom stereocenters. The molecule has 4 aromatic rings. The van der Waals surface area contributed by atoms with Crippen molar-refractivity contribution in [3.8, 4) is 0 Å². The van der Waals surface area contributed by atoms with Crippen molar-refractivity contribution < 1.29 is 9.90 Å². The standard InChI is InChI=1S/C22H23N5O3S/c1-26(2)13-9-7-12(8-10-13)24-22-23-11-14-18(28)17(21(29)30)20-27(19(14)25-22)15-5-3-4-6-16(15)31-20/h3-6,11-13H,7-10H2,1-2H3,(H,29,30)(H,23,24,25). The van der Waals surface area contributed by atoms with E-state index in [-0.39, 0.29) is 17.0 Å². The zero-order chi connectivity index (χ0) is 21.7. The number of rotatable bonds is 4. The van der Waals surface area contributed by atoms with E-state index in [1.807, 2.05) is 24.3 Å². The first kappa shape index (κ1) is 19.9. The molecule has 31 heavy (non-hydrogen) atoms. The largest absolute Gasteiger partial charge is 0.477 e. The molecule has 0 radical (unpaired) electrons. The molecule has 1 aromatic carbocycles. The summed E-state index contributed by atoms with van der Waals surface area (Å²) in [6.45, 7) is 0.